The molecule has 1 fully saturated rings. The van der Waals surface area contributed by atoms with E-state index >= 15 is 0 Å². The van der Waals surface area contributed by atoms with E-state index in [1.54, 1.807) is 6.07 Å². The third kappa shape index (κ3) is 2.45. The summed E-state index contributed by atoms with van der Waals surface area (Å²) in [5.41, 5.74) is 8.27. The fraction of sp³-hybridized carbons (Fsp3) is 0.500. The summed E-state index contributed by atoms with van der Waals surface area (Å²) in [6.45, 7) is 2.32. The molecule has 5 heteroatoms. The van der Waals surface area contributed by atoms with Crippen LogP contribution in [0.4, 0.5) is 17.1 Å². The largest absolute Gasteiger partial charge is 0.482 e. The van der Waals surface area contributed by atoms with Gasteiger partial charge in [0.15, 0.2) is 6.61 Å². The Kier molecular flexibility index (Phi) is 2.97. The van der Waals surface area contributed by atoms with E-state index in [1.165, 1.54) is 19.3 Å². The summed E-state index contributed by atoms with van der Waals surface area (Å²) in [5.74, 6) is 1.28. The highest BCUT2D eigenvalue weighted by Gasteiger charge is 2.23. The highest BCUT2D eigenvalue weighted by atomic mass is 16.5. The Morgan fingerprint density at radius 2 is 2.26 bits per heavy atom. The van der Waals surface area contributed by atoms with Crippen molar-refractivity contribution in [1.29, 1.82) is 0 Å². The Hall–Kier alpha value is -1.91. The number of anilines is 3. The lowest BCUT2D eigenvalue weighted by Gasteiger charge is -2.22. The van der Waals surface area contributed by atoms with E-state index < -0.39 is 0 Å². The molecule has 2 unspecified atom stereocenters. The van der Waals surface area contributed by atoms with Crippen LogP contribution in [-0.2, 0) is 4.79 Å². The number of benzene rings is 1. The van der Waals surface area contributed by atoms with E-state index in [-0.39, 0.29) is 12.5 Å². The van der Waals surface area contributed by atoms with Crippen molar-refractivity contribution in [3.05, 3.63) is 12.1 Å². The van der Waals surface area contributed by atoms with Gasteiger partial charge < -0.3 is 21.1 Å². The Morgan fingerprint density at radius 3 is 3.00 bits per heavy atom. The Labute approximate surface area is 112 Å². The zero-order valence-corrected chi connectivity index (χ0v) is 11.0. The summed E-state index contributed by atoms with van der Waals surface area (Å²) in [7, 11) is 0. The van der Waals surface area contributed by atoms with Crippen LogP contribution in [0.25, 0.3) is 0 Å². The Morgan fingerprint density at radius 1 is 1.42 bits per heavy atom. The van der Waals surface area contributed by atoms with E-state index in [9.17, 15) is 4.79 Å². The van der Waals surface area contributed by atoms with Crippen molar-refractivity contribution >= 4 is 23.0 Å². The van der Waals surface area contributed by atoms with E-state index in [4.69, 9.17) is 10.5 Å². The predicted octanol–water partition coefficient (Wildman–Crippen LogP) is 2.20. The van der Waals surface area contributed by atoms with Crippen molar-refractivity contribution in [3.63, 3.8) is 0 Å². The van der Waals surface area contributed by atoms with Crippen molar-refractivity contribution in [2.75, 3.05) is 23.0 Å². The van der Waals surface area contributed by atoms with Gasteiger partial charge in [-0.3, -0.25) is 4.79 Å². The first-order chi connectivity index (χ1) is 9.11. The molecule has 1 amide bonds. The van der Waals surface area contributed by atoms with Crippen LogP contribution < -0.4 is 21.1 Å². The second kappa shape index (κ2) is 4.64. The van der Waals surface area contributed by atoms with Gasteiger partial charge in [0.25, 0.3) is 5.91 Å². The topological polar surface area (TPSA) is 76.4 Å². The van der Waals surface area contributed by atoms with E-state index in [1.807, 2.05) is 6.07 Å². The summed E-state index contributed by atoms with van der Waals surface area (Å²) >= 11 is 0. The smallest absolute Gasteiger partial charge is 0.262 e. The quantitative estimate of drug-likeness (QED) is 0.713. The Balaban J connectivity index is 1.81. The summed E-state index contributed by atoms with van der Waals surface area (Å²) in [4.78, 5) is 11.3. The minimum atomic E-state index is -0.127. The van der Waals surface area contributed by atoms with Crippen molar-refractivity contribution in [1.82, 2.24) is 0 Å². The molecule has 3 rings (SSSR count). The molecule has 0 aromatic heterocycles. The summed E-state index contributed by atoms with van der Waals surface area (Å²) in [5, 5.41) is 6.27. The molecule has 1 aromatic carbocycles. The third-order valence-electron chi connectivity index (χ3n) is 3.84. The van der Waals surface area contributed by atoms with E-state index in [2.05, 4.69) is 17.6 Å². The second-order valence-electron chi connectivity index (χ2n) is 5.53. The number of hydrogen-bond acceptors (Lipinski definition) is 4. The van der Waals surface area contributed by atoms with Gasteiger partial charge in [0.2, 0.25) is 0 Å². The lowest BCUT2D eigenvalue weighted by atomic mass is 10.1. The highest BCUT2D eigenvalue weighted by Crippen LogP contribution is 2.37. The number of nitrogen functional groups attached to an aromatic ring is 1. The molecule has 5 nitrogen and oxygen atoms in total. The summed E-state index contributed by atoms with van der Waals surface area (Å²) in [6, 6.07) is 4.11. The van der Waals surface area contributed by atoms with Crippen molar-refractivity contribution < 1.29 is 9.53 Å². The molecule has 19 heavy (non-hydrogen) atoms. The van der Waals surface area contributed by atoms with Crippen LogP contribution in [0.5, 0.6) is 5.75 Å². The van der Waals surface area contributed by atoms with Gasteiger partial charge in [0.1, 0.15) is 5.75 Å². The van der Waals surface area contributed by atoms with Gasteiger partial charge in [-0.15, -0.1) is 0 Å². The first kappa shape index (κ1) is 12.1. The molecule has 102 valence electrons. The van der Waals surface area contributed by atoms with Gasteiger partial charge in [0, 0.05) is 12.1 Å². The molecule has 1 aliphatic carbocycles. The fourth-order valence-electron chi connectivity index (χ4n) is 2.83. The average Bonchev–Trinajstić information content (AvgIpc) is 2.76. The van der Waals surface area contributed by atoms with Crippen LogP contribution >= 0.6 is 0 Å². The molecular weight excluding hydrogens is 242 g/mol. The van der Waals surface area contributed by atoms with Gasteiger partial charge in [0.05, 0.1) is 17.1 Å². The molecule has 1 aliphatic heterocycles. The number of rotatable bonds is 2. The summed E-state index contributed by atoms with van der Waals surface area (Å²) in [6.07, 6.45) is 3.59. The maximum atomic E-state index is 11.3. The number of fused-ring (bicyclic) bond motifs is 1. The Bertz CT molecular complexity index is 516. The van der Waals surface area contributed by atoms with Gasteiger partial charge in [-0.2, -0.15) is 0 Å². The van der Waals surface area contributed by atoms with Crippen LogP contribution in [0.15, 0.2) is 12.1 Å². The average molecular weight is 261 g/mol. The molecule has 0 spiro atoms. The lowest BCUT2D eigenvalue weighted by Crippen LogP contribution is -2.26. The van der Waals surface area contributed by atoms with Crippen molar-refractivity contribution in [2.24, 2.45) is 5.92 Å². The monoisotopic (exact) mass is 261 g/mol. The zero-order valence-electron chi connectivity index (χ0n) is 11.0. The molecular formula is C14H19N3O2. The van der Waals surface area contributed by atoms with Crippen molar-refractivity contribution in [2.45, 2.75) is 32.2 Å². The SMILES string of the molecule is CC1CCC(Nc2cc3c(cc2N)OCC(=O)N3)C1. The number of ether oxygens (including phenoxy) is 1. The number of nitrogens with two attached hydrogens (primary N) is 1. The molecule has 2 atom stereocenters. The van der Waals surface area contributed by atoms with E-state index in [0.29, 0.717) is 23.2 Å². The minimum Gasteiger partial charge on any atom is -0.482 e. The van der Waals surface area contributed by atoms with Crippen LogP contribution in [0, 0.1) is 5.92 Å². The maximum absolute atomic E-state index is 11.3. The van der Waals surface area contributed by atoms with Crippen molar-refractivity contribution in [3.8, 4) is 5.75 Å². The first-order valence-electron chi connectivity index (χ1n) is 6.74. The summed E-state index contributed by atoms with van der Waals surface area (Å²) < 4.78 is 5.34. The first-order valence-corrected chi connectivity index (χ1v) is 6.74. The van der Waals surface area contributed by atoms with Crippen LogP contribution in [-0.4, -0.2) is 18.6 Å². The molecule has 4 N–H and O–H groups in total. The molecule has 2 aliphatic rings. The molecule has 0 saturated heterocycles. The molecule has 0 radical (unpaired) electrons. The fourth-order valence-corrected chi connectivity index (χ4v) is 2.83. The predicted molar refractivity (Wildman–Crippen MR) is 75.4 cm³/mol. The van der Waals surface area contributed by atoms with Gasteiger partial charge >= 0.3 is 0 Å². The molecule has 0 bridgehead atoms. The lowest BCUT2D eigenvalue weighted by molar-refractivity contribution is -0.118. The van der Waals surface area contributed by atoms with Gasteiger partial charge in [-0.25, -0.2) is 0 Å². The van der Waals surface area contributed by atoms with E-state index in [0.717, 1.165) is 11.6 Å². The van der Waals surface area contributed by atoms with Crippen LogP contribution in [0.1, 0.15) is 26.2 Å². The number of hydrogen-bond donors (Lipinski definition) is 3. The molecule has 1 heterocycles. The second-order valence-corrected chi connectivity index (χ2v) is 5.53. The number of carbonyl (C=O) groups excluding carboxylic acids is 1. The number of carbonyl (C=O) groups is 1. The highest BCUT2D eigenvalue weighted by molar-refractivity contribution is 5.97. The van der Waals surface area contributed by atoms with Crippen LogP contribution in [0.3, 0.4) is 0 Å². The number of nitrogens with one attached hydrogen (secondary N) is 2. The zero-order chi connectivity index (χ0) is 13.4. The standard InChI is InChI=1S/C14H19N3O2/c1-8-2-3-9(4-8)16-11-6-12-13(5-10(11)15)19-7-14(18)17-12/h5-6,8-9,16H,2-4,7,15H2,1H3,(H,17,18). The molecule has 1 saturated carbocycles. The third-order valence-corrected chi connectivity index (χ3v) is 3.84. The normalized spacial score (nSPS) is 25.4. The number of amides is 1. The molecule has 1 aromatic rings. The van der Waals surface area contributed by atoms with Gasteiger partial charge in [-0.1, -0.05) is 6.92 Å². The van der Waals surface area contributed by atoms with Crippen LogP contribution in [0.2, 0.25) is 0 Å². The minimum absolute atomic E-state index is 0.0549. The maximum Gasteiger partial charge on any atom is 0.262 e. The van der Waals surface area contributed by atoms with Gasteiger partial charge in [-0.05, 0) is 31.2 Å².